The van der Waals surface area contributed by atoms with Crippen molar-refractivity contribution in [3.8, 4) is 17.0 Å². The monoisotopic (exact) mass is 706 g/mol. The second-order valence-electron chi connectivity index (χ2n) is 14.4. The predicted octanol–water partition coefficient (Wildman–Crippen LogP) is 7.06. The van der Waals surface area contributed by atoms with E-state index < -0.39 is 0 Å². The summed E-state index contributed by atoms with van der Waals surface area (Å²) in [6, 6.07) is 24.7. The lowest BCUT2D eigenvalue weighted by Crippen LogP contribution is -2.43. The normalized spacial score (nSPS) is 15.3. The highest BCUT2D eigenvalue weighted by atomic mass is 16.3. The van der Waals surface area contributed by atoms with Crippen molar-refractivity contribution in [2.75, 3.05) is 11.4 Å². The van der Waals surface area contributed by atoms with E-state index in [9.17, 15) is 19.5 Å². The molecule has 53 heavy (non-hydrogen) atoms. The van der Waals surface area contributed by atoms with Crippen LogP contribution >= 0.6 is 0 Å². The Labute approximate surface area is 308 Å². The van der Waals surface area contributed by atoms with E-state index in [1.165, 1.54) is 5.56 Å². The summed E-state index contributed by atoms with van der Waals surface area (Å²) in [5, 5.41) is 11.0. The molecule has 3 aromatic carbocycles. The first-order valence-corrected chi connectivity index (χ1v) is 18.0. The molecule has 0 aliphatic carbocycles. The van der Waals surface area contributed by atoms with Gasteiger partial charge in [0.25, 0.3) is 11.8 Å². The van der Waals surface area contributed by atoms with E-state index in [2.05, 4.69) is 30.1 Å². The summed E-state index contributed by atoms with van der Waals surface area (Å²) in [5.41, 5.74) is 9.68. The average molecular weight is 707 g/mol. The van der Waals surface area contributed by atoms with Crippen LogP contribution in [0.15, 0.2) is 91.3 Å². The van der Waals surface area contributed by atoms with Gasteiger partial charge in [0.05, 0.1) is 17.4 Å². The van der Waals surface area contributed by atoms with E-state index in [-0.39, 0.29) is 29.5 Å². The van der Waals surface area contributed by atoms with Gasteiger partial charge >= 0.3 is 0 Å². The van der Waals surface area contributed by atoms with Crippen LogP contribution in [0, 0.1) is 6.92 Å². The quantitative estimate of drug-likeness (QED) is 0.207. The molecule has 0 saturated carbocycles. The molecule has 0 radical (unpaired) electrons. The molecule has 0 fully saturated rings. The van der Waals surface area contributed by atoms with Crippen LogP contribution in [0.25, 0.3) is 22.3 Å². The van der Waals surface area contributed by atoms with Gasteiger partial charge in [-0.2, -0.15) is 0 Å². The maximum atomic E-state index is 14.9. The van der Waals surface area contributed by atoms with Gasteiger partial charge < -0.3 is 24.0 Å². The molecular weight excluding hydrogens is 665 g/mol. The molecule has 0 unspecified atom stereocenters. The highest BCUT2D eigenvalue weighted by molar-refractivity contribution is 6.13. The van der Waals surface area contributed by atoms with Crippen LogP contribution < -0.4 is 4.90 Å². The number of pyridine rings is 1. The van der Waals surface area contributed by atoms with E-state index in [0.717, 1.165) is 51.1 Å². The van der Waals surface area contributed by atoms with Crippen molar-refractivity contribution in [2.45, 2.75) is 52.7 Å². The molecule has 3 aromatic heterocycles. The number of rotatable bonds is 5. The molecule has 1 atom stereocenters. The molecule has 0 bridgehead atoms. The van der Waals surface area contributed by atoms with Crippen LogP contribution in [0.2, 0.25) is 0 Å². The van der Waals surface area contributed by atoms with E-state index in [0.29, 0.717) is 48.6 Å². The van der Waals surface area contributed by atoms with Crippen molar-refractivity contribution < 1.29 is 19.5 Å². The maximum Gasteiger partial charge on any atom is 0.264 e. The Kier molecular flexibility index (Phi) is 8.40. The van der Waals surface area contributed by atoms with Gasteiger partial charge in [-0.25, -0.2) is 4.98 Å². The molecule has 2 aliphatic rings. The minimum absolute atomic E-state index is 0.00914. The van der Waals surface area contributed by atoms with E-state index >= 15 is 0 Å². The van der Waals surface area contributed by atoms with Crippen LogP contribution in [0.5, 0.6) is 5.75 Å². The maximum absolute atomic E-state index is 14.9. The number of benzene rings is 3. The molecule has 10 heteroatoms. The van der Waals surface area contributed by atoms with Crippen LogP contribution in [0.1, 0.15) is 62.5 Å². The average Bonchev–Trinajstić information content (AvgIpc) is 3.68. The second kappa shape index (κ2) is 13.1. The van der Waals surface area contributed by atoms with Crippen LogP contribution in [-0.2, 0) is 44.8 Å². The molecule has 1 N–H and O–H groups in total. The Morgan fingerprint density at radius 2 is 1.60 bits per heavy atom. The number of amides is 3. The molecule has 3 amide bonds. The number of carbonyl (C=O) groups excluding carboxylic acids is 3. The second-order valence-corrected chi connectivity index (χ2v) is 14.4. The molecule has 6 aromatic rings. The van der Waals surface area contributed by atoms with Crippen molar-refractivity contribution in [3.63, 3.8) is 0 Å². The molecule has 0 saturated heterocycles. The fourth-order valence-electron chi connectivity index (χ4n) is 7.92. The van der Waals surface area contributed by atoms with Crippen LogP contribution in [0.3, 0.4) is 0 Å². The highest BCUT2D eigenvalue weighted by Crippen LogP contribution is 2.37. The number of carbonyl (C=O) groups is 3. The number of nitrogens with zero attached hydrogens (tertiary/aromatic N) is 6. The number of hydrogen-bond acceptors (Lipinski definition) is 5. The number of aromatic hydroxyl groups is 1. The Bertz CT molecular complexity index is 2440. The van der Waals surface area contributed by atoms with Gasteiger partial charge in [0.15, 0.2) is 0 Å². The molecule has 268 valence electrons. The fourth-order valence-corrected chi connectivity index (χ4v) is 7.92. The zero-order chi connectivity index (χ0) is 37.1. The van der Waals surface area contributed by atoms with Gasteiger partial charge in [-0.05, 0) is 104 Å². The first-order valence-electron chi connectivity index (χ1n) is 18.0. The Hall–Kier alpha value is -6.16. The Morgan fingerprint density at radius 1 is 0.849 bits per heavy atom. The lowest BCUT2D eigenvalue weighted by Gasteiger charge is -2.36. The predicted molar refractivity (Wildman–Crippen MR) is 205 cm³/mol. The highest BCUT2D eigenvalue weighted by Gasteiger charge is 2.33. The standard InChI is InChI=1S/C43H42N6O4/c1-26-18-29-8-6-7-9-32(29)25-48(26)42(52)39-21-33-24-47(28(3)50)17-15-30(33)20-38(39)40-22-37(27(2)46(40)5)43(53)49(34-10-12-36(51)13-11-34)35-19-31-14-16-45(4)41(31)44-23-35/h6-14,16,19-23,26,51H,15,17-18,24-25H2,1-5H3/t26-/m1/s1. The molecule has 0 spiro atoms. The minimum atomic E-state index is -0.267. The van der Waals surface area contributed by atoms with Crippen LogP contribution in [0.4, 0.5) is 11.4 Å². The summed E-state index contributed by atoms with van der Waals surface area (Å²) >= 11 is 0. The molecule has 10 nitrogen and oxygen atoms in total. The van der Waals surface area contributed by atoms with Crippen molar-refractivity contribution in [3.05, 3.63) is 130 Å². The molecule has 2 aliphatic heterocycles. The van der Waals surface area contributed by atoms with Gasteiger partial charge in [-0.15, -0.1) is 0 Å². The summed E-state index contributed by atoms with van der Waals surface area (Å²) in [6.07, 6.45) is 5.05. The Morgan fingerprint density at radius 3 is 2.36 bits per heavy atom. The number of aromatic nitrogens is 3. The summed E-state index contributed by atoms with van der Waals surface area (Å²) in [7, 11) is 3.85. The lowest BCUT2D eigenvalue weighted by atomic mass is 9.89. The summed E-state index contributed by atoms with van der Waals surface area (Å²) < 4.78 is 3.91. The zero-order valence-electron chi connectivity index (χ0n) is 30.6. The first kappa shape index (κ1) is 34.0. The summed E-state index contributed by atoms with van der Waals surface area (Å²) in [4.78, 5) is 52.1. The van der Waals surface area contributed by atoms with Gasteiger partial charge in [0, 0.05) is 86.5 Å². The van der Waals surface area contributed by atoms with E-state index in [1.54, 1.807) is 42.3 Å². The Balaban J connectivity index is 1.25. The van der Waals surface area contributed by atoms with Crippen molar-refractivity contribution in [1.29, 1.82) is 0 Å². The van der Waals surface area contributed by atoms with Crippen molar-refractivity contribution in [2.24, 2.45) is 14.1 Å². The third-order valence-electron chi connectivity index (χ3n) is 11.1. The zero-order valence-corrected chi connectivity index (χ0v) is 30.6. The molecule has 8 rings (SSSR count). The number of phenolic OH excluding ortho intramolecular Hbond substituents is 1. The number of hydrogen-bond donors (Lipinski definition) is 1. The molecular formula is C43H42N6O4. The summed E-state index contributed by atoms with van der Waals surface area (Å²) in [5.74, 6) is -0.242. The topological polar surface area (TPSA) is 104 Å². The van der Waals surface area contributed by atoms with E-state index in [1.807, 2.05) is 82.5 Å². The third-order valence-corrected chi connectivity index (χ3v) is 11.1. The van der Waals surface area contributed by atoms with Crippen molar-refractivity contribution >= 4 is 40.1 Å². The smallest absolute Gasteiger partial charge is 0.264 e. The van der Waals surface area contributed by atoms with Gasteiger partial charge in [0.1, 0.15) is 11.4 Å². The fraction of sp³-hybridized carbons (Fsp3) is 0.256. The molecule has 5 heterocycles. The third kappa shape index (κ3) is 5.93. The number of aryl methyl sites for hydroxylation is 1. The SMILES string of the molecule is CC(=O)N1CCc2cc(-c3cc(C(=O)N(c4ccc(O)cc4)c4cnc5c(ccn5C)c4)c(C)n3C)c(C(=O)N3Cc4ccccc4C[C@H]3C)cc2C1. The number of anilines is 2. The van der Waals surface area contributed by atoms with Crippen molar-refractivity contribution in [1.82, 2.24) is 23.9 Å². The number of fused-ring (bicyclic) bond motifs is 3. The summed E-state index contributed by atoms with van der Waals surface area (Å²) in [6.45, 7) is 7.14. The van der Waals surface area contributed by atoms with Crippen LogP contribution in [-0.4, -0.2) is 59.3 Å². The van der Waals surface area contributed by atoms with Gasteiger partial charge in [-0.3, -0.25) is 19.3 Å². The van der Waals surface area contributed by atoms with E-state index in [4.69, 9.17) is 0 Å². The lowest BCUT2D eigenvalue weighted by molar-refractivity contribution is -0.129. The minimum Gasteiger partial charge on any atom is -0.508 e. The first-order chi connectivity index (χ1) is 25.5. The van der Waals surface area contributed by atoms with Gasteiger partial charge in [0.2, 0.25) is 5.91 Å². The number of phenols is 1. The largest absolute Gasteiger partial charge is 0.508 e. The van der Waals surface area contributed by atoms with Gasteiger partial charge in [-0.1, -0.05) is 24.3 Å².